The minimum atomic E-state index is -0.993. The van der Waals surface area contributed by atoms with Crippen LogP contribution in [0.2, 0.25) is 0 Å². The number of benzene rings is 1. The number of carboxylic acid groups (broad SMARTS) is 1. The minimum Gasteiger partial charge on any atom is -0.478 e. The smallest absolute Gasteiger partial charge is 0.335 e. The standard InChI is InChI=1S/C17H23NO4/c1-5-22-14-10-13(17(14,2)3)18(4)15(19)11-6-8-12(9-7-11)16(20)21/h6-9,13-14H,5,10H2,1-4H3,(H,20,21). The van der Waals surface area contributed by atoms with E-state index in [1.165, 1.54) is 12.1 Å². The van der Waals surface area contributed by atoms with Crippen molar-refractivity contribution >= 4 is 11.9 Å². The van der Waals surface area contributed by atoms with Gasteiger partial charge in [0.1, 0.15) is 0 Å². The Morgan fingerprint density at radius 3 is 2.27 bits per heavy atom. The number of aromatic carboxylic acids is 1. The maximum atomic E-state index is 12.6. The molecule has 0 heterocycles. The van der Waals surface area contributed by atoms with Gasteiger partial charge in [-0.25, -0.2) is 4.79 Å². The topological polar surface area (TPSA) is 66.8 Å². The maximum Gasteiger partial charge on any atom is 0.335 e. The molecule has 1 fully saturated rings. The van der Waals surface area contributed by atoms with Gasteiger partial charge >= 0.3 is 5.97 Å². The molecule has 2 unspecified atom stereocenters. The lowest BCUT2D eigenvalue weighted by atomic mass is 9.63. The number of carbonyl (C=O) groups is 2. The lowest BCUT2D eigenvalue weighted by molar-refractivity contribution is -0.136. The molecule has 0 radical (unpaired) electrons. The van der Waals surface area contributed by atoms with Gasteiger partial charge in [-0.15, -0.1) is 0 Å². The van der Waals surface area contributed by atoms with E-state index in [2.05, 4.69) is 13.8 Å². The number of rotatable bonds is 5. The molecule has 1 saturated carbocycles. The Morgan fingerprint density at radius 1 is 1.27 bits per heavy atom. The fraction of sp³-hybridized carbons (Fsp3) is 0.529. The molecule has 0 bridgehead atoms. The molecule has 2 rings (SSSR count). The molecule has 120 valence electrons. The van der Waals surface area contributed by atoms with Crippen molar-refractivity contribution in [2.24, 2.45) is 5.41 Å². The van der Waals surface area contributed by atoms with Crippen molar-refractivity contribution in [3.05, 3.63) is 35.4 Å². The predicted octanol–water partition coefficient (Wildman–Crippen LogP) is 2.66. The quantitative estimate of drug-likeness (QED) is 0.908. The van der Waals surface area contributed by atoms with E-state index >= 15 is 0 Å². The average molecular weight is 305 g/mol. The summed E-state index contributed by atoms with van der Waals surface area (Å²) >= 11 is 0. The molecule has 1 amide bonds. The third-order valence-electron chi connectivity index (χ3n) is 4.66. The highest BCUT2D eigenvalue weighted by Crippen LogP contribution is 2.45. The van der Waals surface area contributed by atoms with Crippen LogP contribution < -0.4 is 0 Å². The number of ether oxygens (including phenoxy) is 1. The summed E-state index contributed by atoms with van der Waals surface area (Å²) in [4.78, 5) is 25.1. The van der Waals surface area contributed by atoms with Gasteiger partial charge in [0, 0.05) is 30.7 Å². The Kier molecular flexibility index (Phi) is 4.56. The van der Waals surface area contributed by atoms with Crippen LogP contribution in [-0.2, 0) is 4.74 Å². The number of amides is 1. The van der Waals surface area contributed by atoms with Crippen LogP contribution in [0.3, 0.4) is 0 Å². The molecular formula is C17H23NO4. The van der Waals surface area contributed by atoms with E-state index in [1.807, 2.05) is 6.92 Å². The van der Waals surface area contributed by atoms with Crippen molar-refractivity contribution in [2.45, 2.75) is 39.3 Å². The summed E-state index contributed by atoms with van der Waals surface area (Å²) in [5.74, 6) is -1.09. The highest BCUT2D eigenvalue weighted by Gasteiger charge is 2.51. The van der Waals surface area contributed by atoms with Crippen LogP contribution >= 0.6 is 0 Å². The van der Waals surface area contributed by atoms with E-state index in [4.69, 9.17) is 9.84 Å². The van der Waals surface area contributed by atoms with Crippen molar-refractivity contribution in [2.75, 3.05) is 13.7 Å². The van der Waals surface area contributed by atoms with Gasteiger partial charge in [-0.1, -0.05) is 13.8 Å². The molecule has 0 aromatic heterocycles. The van der Waals surface area contributed by atoms with Crippen LogP contribution in [0.4, 0.5) is 0 Å². The monoisotopic (exact) mass is 305 g/mol. The molecule has 5 nitrogen and oxygen atoms in total. The summed E-state index contributed by atoms with van der Waals surface area (Å²) in [7, 11) is 1.79. The highest BCUT2D eigenvalue weighted by atomic mass is 16.5. The van der Waals surface area contributed by atoms with Gasteiger partial charge in [0.25, 0.3) is 5.91 Å². The molecule has 1 aliphatic carbocycles. The second-order valence-corrected chi connectivity index (χ2v) is 6.32. The minimum absolute atomic E-state index is 0.0819. The van der Waals surface area contributed by atoms with E-state index in [9.17, 15) is 9.59 Å². The van der Waals surface area contributed by atoms with E-state index in [1.54, 1.807) is 24.1 Å². The Hall–Kier alpha value is -1.88. The first-order valence-corrected chi connectivity index (χ1v) is 7.51. The molecule has 0 aliphatic heterocycles. The van der Waals surface area contributed by atoms with Gasteiger partial charge in [0.05, 0.1) is 11.7 Å². The summed E-state index contributed by atoms with van der Waals surface area (Å²) in [6, 6.07) is 6.16. The lowest BCUT2D eigenvalue weighted by Gasteiger charge is -2.54. The number of carbonyl (C=O) groups excluding carboxylic acids is 1. The third-order valence-corrected chi connectivity index (χ3v) is 4.66. The van der Waals surface area contributed by atoms with Crippen LogP contribution in [0, 0.1) is 5.41 Å². The van der Waals surface area contributed by atoms with E-state index in [0.717, 1.165) is 6.42 Å². The predicted molar refractivity (Wildman–Crippen MR) is 83.1 cm³/mol. The van der Waals surface area contributed by atoms with Crippen molar-refractivity contribution < 1.29 is 19.4 Å². The average Bonchev–Trinajstić information content (AvgIpc) is 2.49. The maximum absolute atomic E-state index is 12.6. The fourth-order valence-electron chi connectivity index (χ4n) is 3.11. The molecule has 22 heavy (non-hydrogen) atoms. The SMILES string of the molecule is CCOC1CC(N(C)C(=O)c2ccc(C(=O)O)cc2)C1(C)C. The molecule has 1 aromatic rings. The first-order valence-electron chi connectivity index (χ1n) is 7.51. The van der Waals surface area contributed by atoms with Gasteiger partial charge in [-0.3, -0.25) is 4.79 Å². The number of nitrogens with zero attached hydrogens (tertiary/aromatic N) is 1. The van der Waals surface area contributed by atoms with Crippen LogP contribution in [0.5, 0.6) is 0 Å². The van der Waals surface area contributed by atoms with Gasteiger partial charge < -0.3 is 14.7 Å². The number of carboxylic acids is 1. The fourth-order valence-corrected chi connectivity index (χ4v) is 3.11. The number of hydrogen-bond acceptors (Lipinski definition) is 3. The van der Waals surface area contributed by atoms with E-state index in [-0.39, 0.29) is 29.0 Å². The van der Waals surface area contributed by atoms with Gasteiger partial charge in [-0.05, 0) is 37.6 Å². The van der Waals surface area contributed by atoms with Crippen molar-refractivity contribution in [1.82, 2.24) is 4.90 Å². The molecule has 5 heteroatoms. The van der Waals surface area contributed by atoms with Gasteiger partial charge in [0.2, 0.25) is 0 Å². The van der Waals surface area contributed by atoms with E-state index < -0.39 is 5.97 Å². The molecule has 1 aromatic carbocycles. The Bertz CT molecular complexity index is 565. The second kappa shape index (κ2) is 6.08. The molecule has 0 spiro atoms. The molecule has 2 atom stereocenters. The van der Waals surface area contributed by atoms with Crippen molar-refractivity contribution in [3.63, 3.8) is 0 Å². The van der Waals surface area contributed by atoms with Crippen LogP contribution in [0.1, 0.15) is 47.9 Å². The first kappa shape index (κ1) is 16.5. The second-order valence-electron chi connectivity index (χ2n) is 6.32. The van der Waals surface area contributed by atoms with Gasteiger partial charge in [0.15, 0.2) is 0 Å². The zero-order valence-electron chi connectivity index (χ0n) is 13.5. The van der Waals surface area contributed by atoms with Gasteiger partial charge in [-0.2, -0.15) is 0 Å². The first-order chi connectivity index (χ1) is 10.3. The summed E-state index contributed by atoms with van der Waals surface area (Å²) in [5, 5.41) is 8.90. The summed E-state index contributed by atoms with van der Waals surface area (Å²) < 4.78 is 5.70. The Labute approximate surface area is 130 Å². The Morgan fingerprint density at radius 2 is 1.82 bits per heavy atom. The normalized spacial score (nSPS) is 22.7. The zero-order chi connectivity index (χ0) is 16.5. The molecular weight excluding hydrogens is 282 g/mol. The van der Waals surface area contributed by atoms with Crippen molar-refractivity contribution in [3.8, 4) is 0 Å². The summed E-state index contributed by atoms with van der Waals surface area (Å²) in [6.07, 6.45) is 1.00. The Balaban J connectivity index is 2.08. The largest absolute Gasteiger partial charge is 0.478 e. The molecule has 0 saturated heterocycles. The molecule has 1 aliphatic rings. The zero-order valence-corrected chi connectivity index (χ0v) is 13.5. The number of hydrogen-bond donors (Lipinski definition) is 1. The van der Waals surface area contributed by atoms with E-state index in [0.29, 0.717) is 12.2 Å². The molecule has 1 N–H and O–H groups in total. The van der Waals surface area contributed by atoms with Crippen LogP contribution in [-0.4, -0.2) is 47.7 Å². The third kappa shape index (κ3) is 2.86. The summed E-state index contributed by atoms with van der Waals surface area (Å²) in [5.41, 5.74) is 0.601. The van der Waals surface area contributed by atoms with Crippen LogP contribution in [0.15, 0.2) is 24.3 Å². The van der Waals surface area contributed by atoms with Crippen molar-refractivity contribution in [1.29, 1.82) is 0 Å². The van der Waals surface area contributed by atoms with Crippen LogP contribution in [0.25, 0.3) is 0 Å². The highest BCUT2D eigenvalue weighted by molar-refractivity contribution is 5.96. The lowest BCUT2D eigenvalue weighted by Crippen LogP contribution is -2.62. The summed E-state index contributed by atoms with van der Waals surface area (Å²) in [6.45, 7) is 6.87.